The Morgan fingerprint density at radius 3 is 2.78 bits per heavy atom. The molecule has 1 heterocycles. The van der Waals surface area contributed by atoms with E-state index >= 15 is 0 Å². The van der Waals surface area contributed by atoms with E-state index in [0.717, 1.165) is 39.1 Å². The molecule has 0 amide bonds. The molecule has 1 aliphatic heterocycles. The van der Waals surface area contributed by atoms with Crippen molar-refractivity contribution in [3.8, 4) is 0 Å². The minimum Gasteiger partial charge on any atom is -0.467 e. The van der Waals surface area contributed by atoms with Gasteiger partial charge in [-0.15, -0.1) is 0 Å². The summed E-state index contributed by atoms with van der Waals surface area (Å²) < 4.78 is 10.1. The van der Waals surface area contributed by atoms with Crippen LogP contribution in [0.15, 0.2) is 0 Å². The Balaban J connectivity index is 2.24. The van der Waals surface area contributed by atoms with Crippen LogP contribution in [0.25, 0.3) is 0 Å². The molecule has 0 spiro atoms. The van der Waals surface area contributed by atoms with Gasteiger partial charge in [0.05, 0.1) is 13.7 Å². The van der Waals surface area contributed by atoms with Crippen LogP contribution in [-0.4, -0.2) is 74.9 Å². The summed E-state index contributed by atoms with van der Waals surface area (Å²) in [6, 6.07) is 0. The van der Waals surface area contributed by atoms with Crippen molar-refractivity contribution < 1.29 is 14.3 Å². The molecule has 0 aromatic carbocycles. The number of carbonyl (C=O) groups is 1. The second-order valence-corrected chi connectivity index (χ2v) is 4.56. The molecule has 5 heteroatoms. The number of morpholine rings is 1. The molecule has 0 radical (unpaired) electrons. The van der Waals surface area contributed by atoms with E-state index in [1.807, 2.05) is 0 Å². The van der Waals surface area contributed by atoms with Gasteiger partial charge in [-0.05, 0) is 32.6 Å². The van der Waals surface area contributed by atoms with E-state index < -0.39 is 6.10 Å². The van der Waals surface area contributed by atoms with Crippen LogP contribution in [0.5, 0.6) is 0 Å². The van der Waals surface area contributed by atoms with Crippen LogP contribution >= 0.6 is 0 Å². The van der Waals surface area contributed by atoms with Crippen molar-refractivity contribution in [2.24, 2.45) is 0 Å². The van der Waals surface area contributed by atoms with Crippen LogP contribution in [0.2, 0.25) is 0 Å². The van der Waals surface area contributed by atoms with Crippen molar-refractivity contribution in [3.05, 3.63) is 0 Å². The summed E-state index contributed by atoms with van der Waals surface area (Å²) in [5.41, 5.74) is 0. The molecule has 0 aromatic heterocycles. The van der Waals surface area contributed by atoms with Gasteiger partial charge in [-0.1, -0.05) is 13.8 Å². The maximum Gasteiger partial charge on any atom is 0.336 e. The van der Waals surface area contributed by atoms with Crippen LogP contribution < -0.4 is 0 Å². The molecule has 1 aliphatic rings. The topological polar surface area (TPSA) is 42.0 Å². The smallest absolute Gasteiger partial charge is 0.336 e. The van der Waals surface area contributed by atoms with E-state index in [2.05, 4.69) is 23.6 Å². The van der Waals surface area contributed by atoms with Crippen LogP contribution in [0.4, 0.5) is 0 Å². The molecule has 0 N–H and O–H groups in total. The predicted octanol–water partition coefficient (Wildman–Crippen LogP) is 0.592. The van der Waals surface area contributed by atoms with Crippen LogP contribution in [0.1, 0.15) is 20.3 Å². The lowest BCUT2D eigenvalue weighted by molar-refractivity contribution is -0.159. The molecule has 1 rings (SSSR count). The second kappa shape index (κ2) is 8.45. The Bertz CT molecular complexity index is 244. The zero-order chi connectivity index (χ0) is 13.4. The van der Waals surface area contributed by atoms with Crippen molar-refractivity contribution >= 4 is 5.97 Å². The third-order valence-corrected chi connectivity index (χ3v) is 3.46. The Hall–Kier alpha value is -0.650. The van der Waals surface area contributed by atoms with E-state index in [1.165, 1.54) is 7.11 Å². The first kappa shape index (κ1) is 15.4. The Morgan fingerprint density at radius 1 is 1.44 bits per heavy atom. The zero-order valence-corrected chi connectivity index (χ0v) is 11.9. The molecule has 1 fully saturated rings. The number of hydrogen-bond acceptors (Lipinski definition) is 5. The molecule has 0 bridgehead atoms. The monoisotopic (exact) mass is 258 g/mol. The maximum atomic E-state index is 11.4. The summed E-state index contributed by atoms with van der Waals surface area (Å²) in [6.07, 6.45) is 0.729. The predicted molar refractivity (Wildman–Crippen MR) is 70.6 cm³/mol. The van der Waals surface area contributed by atoms with Crippen LogP contribution in [0.3, 0.4) is 0 Å². The Morgan fingerprint density at radius 2 is 2.17 bits per heavy atom. The Labute approximate surface area is 110 Å². The molecule has 0 saturated carbocycles. The SMILES string of the molecule is CCN(CC)CCCN1CCOC(C(=O)OC)C1. The number of methoxy groups -OCH3 is 1. The van der Waals surface area contributed by atoms with Crippen molar-refractivity contribution in [2.75, 3.05) is 53.0 Å². The van der Waals surface area contributed by atoms with Gasteiger partial charge in [0.2, 0.25) is 0 Å². The molecule has 0 aromatic rings. The van der Waals surface area contributed by atoms with Gasteiger partial charge in [0, 0.05) is 13.1 Å². The first-order valence-corrected chi connectivity index (χ1v) is 6.85. The lowest BCUT2D eigenvalue weighted by Crippen LogP contribution is -2.47. The zero-order valence-electron chi connectivity index (χ0n) is 11.9. The molecular formula is C13H26N2O3. The van der Waals surface area contributed by atoms with Crippen LogP contribution in [0, 0.1) is 0 Å². The molecular weight excluding hydrogens is 232 g/mol. The fourth-order valence-electron chi connectivity index (χ4n) is 2.24. The van der Waals surface area contributed by atoms with E-state index in [1.54, 1.807) is 0 Å². The average molecular weight is 258 g/mol. The minimum atomic E-state index is -0.405. The third kappa shape index (κ3) is 4.92. The van der Waals surface area contributed by atoms with E-state index in [9.17, 15) is 4.79 Å². The lowest BCUT2D eigenvalue weighted by atomic mass is 10.2. The summed E-state index contributed by atoms with van der Waals surface area (Å²) in [7, 11) is 1.41. The number of hydrogen-bond donors (Lipinski definition) is 0. The number of ether oxygens (including phenoxy) is 2. The Kier molecular flexibility index (Phi) is 7.23. The average Bonchev–Trinajstić information content (AvgIpc) is 2.43. The van der Waals surface area contributed by atoms with Gasteiger partial charge >= 0.3 is 5.97 Å². The highest BCUT2D eigenvalue weighted by molar-refractivity contribution is 5.74. The first-order chi connectivity index (χ1) is 8.71. The van der Waals surface area contributed by atoms with Gasteiger partial charge in [-0.25, -0.2) is 4.79 Å². The second-order valence-electron chi connectivity index (χ2n) is 4.56. The van der Waals surface area contributed by atoms with Crippen molar-refractivity contribution in [3.63, 3.8) is 0 Å². The van der Waals surface area contributed by atoms with E-state index in [0.29, 0.717) is 13.2 Å². The highest BCUT2D eigenvalue weighted by Crippen LogP contribution is 2.07. The third-order valence-electron chi connectivity index (χ3n) is 3.46. The normalized spacial score (nSPS) is 21.2. The van der Waals surface area contributed by atoms with Gasteiger partial charge in [-0.2, -0.15) is 0 Å². The van der Waals surface area contributed by atoms with Crippen molar-refractivity contribution in [1.29, 1.82) is 0 Å². The highest BCUT2D eigenvalue weighted by Gasteiger charge is 2.26. The van der Waals surface area contributed by atoms with Crippen molar-refractivity contribution in [1.82, 2.24) is 9.80 Å². The highest BCUT2D eigenvalue weighted by atomic mass is 16.6. The van der Waals surface area contributed by atoms with E-state index in [4.69, 9.17) is 9.47 Å². The summed E-state index contributed by atoms with van der Waals surface area (Å²) >= 11 is 0. The molecule has 106 valence electrons. The maximum absolute atomic E-state index is 11.4. The minimum absolute atomic E-state index is 0.261. The summed E-state index contributed by atoms with van der Waals surface area (Å²) in [4.78, 5) is 16.1. The van der Waals surface area contributed by atoms with E-state index in [-0.39, 0.29) is 5.97 Å². The number of carbonyl (C=O) groups excluding carboxylic acids is 1. The van der Waals surface area contributed by atoms with Crippen molar-refractivity contribution in [2.45, 2.75) is 26.4 Å². The van der Waals surface area contributed by atoms with Gasteiger partial charge in [-0.3, -0.25) is 4.90 Å². The quantitative estimate of drug-likeness (QED) is 0.625. The summed E-state index contributed by atoms with van der Waals surface area (Å²) in [5, 5.41) is 0. The molecule has 0 aliphatic carbocycles. The number of esters is 1. The van der Waals surface area contributed by atoms with Gasteiger partial charge < -0.3 is 14.4 Å². The molecule has 1 saturated heterocycles. The molecule has 1 atom stereocenters. The number of rotatable bonds is 7. The molecule has 5 nitrogen and oxygen atoms in total. The number of nitrogens with zero attached hydrogens (tertiary/aromatic N) is 2. The summed E-state index contributed by atoms with van der Waals surface area (Å²) in [5.74, 6) is -0.261. The van der Waals surface area contributed by atoms with Crippen LogP contribution in [-0.2, 0) is 14.3 Å². The first-order valence-electron chi connectivity index (χ1n) is 6.85. The lowest BCUT2D eigenvalue weighted by Gasteiger charge is -2.31. The molecule has 1 unspecified atom stereocenters. The molecule has 18 heavy (non-hydrogen) atoms. The fraction of sp³-hybridized carbons (Fsp3) is 0.923. The fourth-order valence-corrected chi connectivity index (χ4v) is 2.24. The summed E-state index contributed by atoms with van der Waals surface area (Å²) in [6.45, 7) is 10.9. The van der Waals surface area contributed by atoms with Gasteiger partial charge in [0.15, 0.2) is 6.10 Å². The largest absolute Gasteiger partial charge is 0.467 e. The van der Waals surface area contributed by atoms with Gasteiger partial charge in [0.25, 0.3) is 0 Å². The standard InChI is InChI=1S/C13H26N2O3/c1-4-14(5-2)7-6-8-15-9-10-18-12(11-15)13(16)17-3/h12H,4-11H2,1-3H3. The van der Waals surface area contributed by atoms with Gasteiger partial charge in [0.1, 0.15) is 0 Å².